The lowest BCUT2D eigenvalue weighted by atomic mass is 10.2. The minimum absolute atomic E-state index is 0.224. The number of nitrogens with one attached hydrogen (secondary N) is 2. The van der Waals surface area contributed by atoms with Gasteiger partial charge in [0, 0.05) is 10.6 Å². The van der Waals surface area contributed by atoms with E-state index in [9.17, 15) is 22.8 Å². The molecule has 0 aliphatic heterocycles. The first-order valence-electron chi connectivity index (χ1n) is 5.29. The van der Waals surface area contributed by atoms with Gasteiger partial charge >= 0.3 is 6.18 Å². The largest absolute Gasteiger partial charge is 0.414 e. The van der Waals surface area contributed by atoms with E-state index in [0.29, 0.717) is 5.02 Å². The van der Waals surface area contributed by atoms with Gasteiger partial charge < -0.3 is 5.32 Å². The van der Waals surface area contributed by atoms with E-state index < -0.39 is 31.1 Å². The first kappa shape index (κ1) is 16.3. The summed E-state index contributed by atoms with van der Waals surface area (Å²) < 4.78 is 35.2. The highest BCUT2D eigenvalue weighted by molar-refractivity contribution is 6.30. The Kier molecular flexibility index (Phi) is 5.78. The highest BCUT2D eigenvalue weighted by Gasteiger charge is 2.28. The summed E-state index contributed by atoms with van der Waals surface area (Å²) >= 11 is 5.68. The lowest BCUT2D eigenvalue weighted by Gasteiger charge is -2.09. The summed E-state index contributed by atoms with van der Waals surface area (Å²) in [4.78, 5) is 26.6. The van der Waals surface area contributed by atoms with E-state index in [4.69, 9.17) is 11.6 Å². The van der Waals surface area contributed by atoms with Crippen molar-refractivity contribution < 1.29 is 27.6 Å². The van der Waals surface area contributed by atoms with Crippen LogP contribution in [0.3, 0.4) is 0 Å². The van der Waals surface area contributed by atoms with Crippen LogP contribution in [0.5, 0.6) is 0 Å². The number of hydrogen-bond acceptors (Lipinski definition) is 3. The van der Waals surface area contributed by atoms with Crippen LogP contribution in [0, 0.1) is 0 Å². The van der Waals surface area contributed by atoms with Gasteiger partial charge in [0.2, 0.25) is 0 Å². The predicted octanol–water partition coefficient (Wildman–Crippen LogP) is 1.68. The zero-order chi connectivity index (χ0) is 15.2. The van der Waals surface area contributed by atoms with Crippen LogP contribution in [0.4, 0.5) is 13.2 Å². The molecule has 2 N–H and O–H groups in total. The van der Waals surface area contributed by atoms with Crippen molar-refractivity contribution in [3.05, 3.63) is 34.9 Å². The molecular formula is C11H10ClF3N2O3. The number of hydrogen-bond donors (Lipinski definition) is 2. The van der Waals surface area contributed by atoms with Crippen molar-refractivity contribution in [2.75, 3.05) is 13.2 Å². The van der Waals surface area contributed by atoms with Crippen molar-refractivity contribution in [1.82, 2.24) is 10.8 Å². The summed E-state index contributed by atoms with van der Waals surface area (Å²) in [7, 11) is 0. The lowest BCUT2D eigenvalue weighted by Crippen LogP contribution is -2.38. The highest BCUT2D eigenvalue weighted by atomic mass is 35.5. The van der Waals surface area contributed by atoms with Gasteiger partial charge in [-0.05, 0) is 18.2 Å². The van der Waals surface area contributed by atoms with Crippen LogP contribution < -0.4 is 10.8 Å². The number of carbonyl (C=O) groups excluding carboxylic acids is 2. The van der Waals surface area contributed by atoms with Gasteiger partial charge in [-0.2, -0.15) is 13.2 Å². The topological polar surface area (TPSA) is 67.4 Å². The maximum absolute atomic E-state index is 11.7. The Hall–Kier alpha value is -1.80. The standard InChI is InChI=1S/C11H10ClF3N2O3/c12-8-3-1-2-7(4-8)10(19)16-5-9(18)17-20-6-11(13,14)15/h1-4H,5-6H2,(H,16,19)(H,17,18). The van der Waals surface area contributed by atoms with E-state index in [1.807, 2.05) is 0 Å². The molecule has 2 amide bonds. The van der Waals surface area contributed by atoms with Crippen molar-refractivity contribution in [3.63, 3.8) is 0 Å². The molecule has 0 radical (unpaired) electrons. The molecule has 0 aliphatic rings. The molecule has 0 heterocycles. The number of hydroxylamine groups is 1. The quantitative estimate of drug-likeness (QED) is 0.813. The Morgan fingerprint density at radius 1 is 1.30 bits per heavy atom. The van der Waals surface area contributed by atoms with Crippen LogP contribution in [0.2, 0.25) is 5.02 Å². The maximum Gasteiger partial charge on any atom is 0.414 e. The van der Waals surface area contributed by atoms with E-state index in [1.54, 1.807) is 17.6 Å². The second-order valence-electron chi connectivity index (χ2n) is 3.62. The molecule has 0 spiro atoms. The molecule has 0 aliphatic carbocycles. The van der Waals surface area contributed by atoms with Crippen LogP contribution >= 0.6 is 11.6 Å². The monoisotopic (exact) mass is 310 g/mol. The molecule has 0 saturated heterocycles. The Bertz CT molecular complexity index is 494. The first-order chi connectivity index (χ1) is 9.28. The van der Waals surface area contributed by atoms with Crippen molar-refractivity contribution in [1.29, 1.82) is 0 Å². The van der Waals surface area contributed by atoms with Crippen molar-refractivity contribution in [2.45, 2.75) is 6.18 Å². The maximum atomic E-state index is 11.7. The SMILES string of the molecule is O=C(CNC(=O)c1cccc(Cl)c1)NOCC(F)(F)F. The highest BCUT2D eigenvalue weighted by Crippen LogP contribution is 2.13. The van der Waals surface area contributed by atoms with Crippen LogP contribution in [0.25, 0.3) is 0 Å². The Morgan fingerprint density at radius 3 is 2.60 bits per heavy atom. The van der Waals surface area contributed by atoms with Gasteiger partial charge in [-0.25, -0.2) is 5.48 Å². The molecule has 0 atom stereocenters. The minimum atomic E-state index is -4.54. The van der Waals surface area contributed by atoms with Gasteiger partial charge in [0.05, 0.1) is 6.54 Å². The second kappa shape index (κ2) is 7.11. The third kappa shape index (κ3) is 6.39. The van der Waals surface area contributed by atoms with Gasteiger partial charge in [0.25, 0.3) is 11.8 Å². The average Bonchev–Trinajstić information content (AvgIpc) is 2.34. The zero-order valence-corrected chi connectivity index (χ0v) is 10.7. The molecule has 1 aromatic rings. The van der Waals surface area contributed by atoms with Crippen molar-refractivity contribution in [3.8, 4) is 0 Å². The Morgan fingerprint density at radius 2 is 2.00 bits per heavy atom. The summed E-state index contributed by atoms with van der Waals surface area (Å²) in [5.41, 5.74) is 1.78. The number of amides is 2. The normalized spacial score (nSPS) is 11.0. The van der Waals surface area contributed by atoms with E-state index in [2.05, 4.69) is 10.2 Å². The Balaban J connectivity index is 2.32. The van der Waals surface area contributed by atoms with Gasteiger partial charge in [-0.15, -0.1) is 0 Å². The molecular weight excluding hydrogens is 301 g/mol. The molecule has 110 valence electrons. The molecule has 0 bridgehead atoms. The number of benzene rings is 1. The fourth-order valence-corrected chi connectivity index (χ4v) is 1.32. The third-order valence-corrected chi connectivity index (χ3v) is 2.15. The molecule has 9 heteroatoms. The summed E-state index contributed by atoms with van der Waals surface area (Å²) in [5, 5.41) is 2.55. The van der Waals surface area contributed by atoms with Crippen LogP contribution in [-0.2, 0) is 9.63 Å². The van der Waals surface area contributed by atoms with Gasteiger partial charge in [0.1, 0.15) is 0 Å². The molecule has 0 aromatic heterocycles. The molecule has 20 heavy (non-hydrogen) atoms. The van der Waals surface area contributed by atoms with E-state index in [0.717, 1.165) is 0 Å². The van der Waals surface area contributed by atoms with E-state index in [1.165, 1.54) is 12.1 Å². The zero-order valence-electron chi connectivity index (χ0n) is 9.96. The number of rotatable bonds is 5. The molecule has 5 nitrogen and oxygen atoms in total. The van der Waals surface area contributed by atoms with Gasteiger partial charge in [-0.1, -0.05) is 17.7 Å². The number of carbonyl (C=O) groups is 2. The molecule has 1 rings (SSSR count). The number of alkyl halides is 3. The van der Waals surface area contributed by atoms with E-state index in [-0.39, 0.29) is 5.56 Å². The molecule has 0 unspecified atom stereocenters. The molecule has 0 saturated carbocycles. The fourth-order valence-electron chi connectivity index (χ4n) is 1.13. The number of halogens is 4. The van der Waals surface area contributed by atoms with Crippen LogP contribution in [-0.4, -0.2) is 31.1 Å². The molecule has 0 fully saturated rings. The first-order valence-corrected chi connectivity index (χ1v) is 5.67. The Labute approximate surface area is 117 Å². The van der Waals surface area contributed by atoms with Crippen LogP contribution in [0.15, 0.2) is 24.3 Å². The fraction of sp³-hybridized carbons (Fsp3) is 0.273. The summed E-state index contributed by atoms with van der Waals surface area (Å²) in [6.45, 7) is -2.13. The summed E-state index contributed by atoms with van der Waals surface area (Å²) in [6.07, 6.45) is -4.54. The summed E-state index contributed by atoms with van der Waals surface area (Å²) in [6, 6.07) is 5.97. The van der Waals surface area contributed by atoms with Gasteiger partial charge in [-0.3, -0.25) is 14.4 Å². The van der Waals surface area contributed by atoms with Crippen molar-refractivity contribution in [2.24, 2.45) is 0 Å². The van der Waals surface area contributed by atoms with Gasteiger partial charge in [0.15, 0.2) is 6.61 Å². The van der Waals surface area contributed by atoms with Crippen LogP contribution in [0.1, 0.15) is 10.4 Å². The summed E-state index contributed by atoms with van der Waals surface area (Å²) in [5.74, 6) is -1.50. The average molecular weight is 311 g/mol. The smallest absolute Gasteiger partial charge is 0.343 e. The van der Waals surface area contributed by atoms with E-state index >= 15 is 0 Å². The minimum Gasteiger partial charge on any atom is -0.343 e. The van der Waals surface area contributed by atoms with Crippen molar-refractivity contribution >= 4 is 23.4 Å². The lowest BCUT2D eigenvalue weighted by molar-refractivity contribution is -0.191. The second-order valence-corrected chi connectivity index (χ2v) is 4.06. The predicted molar refractivity (Wildman–Crippen MR) is 63.9 cm³/mol. The third-order valence-electron chi connectivity index (χ3n) is 1.92. The molecule has 1 aromatic carbocycles.